The number of thiol groups is 1. The predicted octanol–water partition coefficient (Wildman–Crippen LogP) is -4.67. The van der Waals surface area contributed by atoms with Crippen LogP contribution in [-0.4, -0.2) is 155 Å². The lowest BCUT2D eigenvalue weighted by Gasteiger charge is -2.26. The summed E-state index contributed by atoms with van der Waals surface area (Å²) in [7, 11) is 0. The number of anilines is 2. The zero-order valence-corrected chi connectivity index (χ0v) is 37.7. The molecule has 18 N–H and O–H groups in total. The van der Waals surface area contributed by atoms with Crippen LogP contribution in [0.4, 0.5) is 11.6 Å². The van der Waals surface area contributed by atoms with Crippen molar-refractivity contribution in [1.82, 2.24) is 51.8 Å². The average Bonchev–Trinajstić information content (AvgIpc) is 3.28. The summed E-state index contributed by atoms with van der Waals surface area (Å²) in [6.45, 7) is 0.0160. The van der Waals surface area contributed by atoms with Crippen molar-refractivity contribution in [2.75, 3.05) is 29.9 Å². The summed E-state index contributed by atoms with van der Waals surface area (Å²) < 4.78 is 0. The Morgan fingerprint density at radius 2 is 1.24 bits per heavy atom. The van der Waals surface area contributed by atoms with Crippen molar-refractivity contribution in [3.63, 3.8) is 0 Å². The fraction of sp³-hybridized carbons (Fsp3) is 0.410. The number of aromatic amines is 1. The van der Waals surface area contributed by atoms with Crippen molar-refractivity contribution in [2.45, 2.75) is 81.7 Å². The molecule has 70 heavy (non-hydrogen) atoms. The van der Waals surface area contributed by atoms with Crippen LogP contribution in [0.1, 0.15) is 61.0 Å². The van der Waals surface area contributed by atoms with Crippen LogP contribution in [-0.2, 0) is 49.7 Å². The summed E-state index contributed by atoms with van der Waals surface area (Å²) in [5.74, 6) is -13.8. The molecule has 5 atom stereocenters. The van der Waals surface area contributed by atoms with E-state index in [9.17, 15) is 73.2 Å². The summed E-state index contributed by atoms with van der Waals surface area (Å²) in [5.41, 5.74) is 17.0. The van der Waals surface area contributed by atoms with Crippen LogP contribution in [0.25, 0.3) is 11.2 Å². The number of nitrogen functional groups attached to an aromatic ring is 1. The van der Waals surface area contributed by atoms with Gasteiger partial charge in [0.25, 0.3) is 11.5 Å². The molecule has 0 fully saturated rings. The first-order valence-electron chi connectivity index (χ1n) is 20.8. The molecule has 2 heterocycles. The van der Waals surface area contributed by atoms with E-state index in [1.165, 1.54) is 18.3 Å². The number of guanidine groups is 1. The molecular weight excluding hydrogens is 951 g/mol. The smallest absolute Gasteiger partial charge is 0.327 e. The minimum Gasteiger partial charge on any atom is -0.481 e. The Morgan fingerprint density at radius 3 is 1.77 bits per heavy atom. The van der Waals surface area contributed by atoms with E-state index in [0.717, 1.165) is 0 Å². The molecule has 0 aliphatic heterocycles. The molecule has 378 valence electrons. The van der Waals surface area contributed by atoms with Gasteiger partial charge in [0.2, 0.25) is 35.5 Å². The second-order valence-electron chi connectivity index (χ2n) is 14.9. The second kappa shape index (κ2) is 27.2. The summed E-state index contributed by atoms with van der Waals surface area (Å²) in [6, 6.07) is -2.88. The minimum absolute atomic E-state index is 0.00604. The van der Waals surface area contributed by atoms with Gasteiger partial charge in [-0.05, 0) is 43.5 Å². The molecule has 0 aliphatic rings. The molecule has 30 nitrogen and oxygen atoms in total. The third kappa shape index (κ3) is 18.9. The van der Waals surface area contributed by atoms with E-state index in [1.807, 2.05) is 10.6 Å². The number of carbonyl (C=O) groups excluding carboxylic acids is 6. The maximum absolute atomic E-state index is 13.6. The summed E-state index contributed by atoms with van der Waals surface area (Å²) in [5, 5.41) is 53.9. The number of amides is 6. The molecular formula is C39H51N15O15S. The minimum atomic E-state index is -2.05. The van der Waals surface area contributed by atoms with E-state index < -0.39 is 120 Å². The number of nitrogens with one attached hydrogen (secondary N) is 8. The number of aromatic nitrogens is 4. The Balaban J connectivity index is 1.63. The number of nitrogens with zero attached hydrogens (tertiary/aromatic N) is 4. The molecule has 6 amide bonds. The lowest BCUT2D eigenvalue weighted by atomic mass is 10.1. The number of hydrogen-bond acceptors (Lipinski definition) is 18. The van der Waals surface area contributed by atoms with Crippen molar-refractivity contribution in [1.29, 1.82) is 0 Å². The fourth-order valence-electron chi connectivity index (χ4n) is 6.01. The van der Waals surface area contributed by atoms with Crippen LogP contribution < -0.4 is 60.0 Å². The van der Waals surface area contributed by atoms with Crippen LogP contribution in [0.15, 0.2) is 40.2 Å². The summed E-state index contributed by atoms with van der Waals surface area (Å²) in [4.78, 5) is 156. The van der Waals surface area contributed by atoms with E-state index in [-0.39, 0.29) is 74.0 Å². The molecule has 3 aromatic rings. The highest BCUT2D eigenvalue weighted by molar-refractivity contribution is 7.80. The normalized spacial score (nSPS) is 12.9. The molecule has 0 saturated heterocycles. The zero-order chi connectivity index (χ0) is 52.1. The maximum Gasteiger partial charge on any atom is 0.327 e. The number of carboxylic acid groups (broad SMARTS) is 4. The number of benzene rings is 1. The van der Waals surface area contributed by atoms with Gasteiger partial charge in [0.15, 0.2) is 17.1 Å². The van der Waals surface area contributed by atoms with E-state index in [0.29, 0.717) is 11.4 Å². The quantitative estimate of drug-likeness (QED) is 0.0135. The maximum atomic E-state index is 13.6. The van der Waals surface area contributed by atoms with Gasteiger partial charge in [0, 0.05) is 36.5 Å². The first kappa shape index (κ1) is 55.7. The van der Waals surface area contributed by atoms with Crippen molar-refractivity contribution in [3.05, 3.63) is 52.1 Å². The van der Waals surface area contributed by atoms with Gasteiger partial charge in [-0.3, -0.25) is 57.9 Å². The Labute approximate surface area is 400 Å². The largest absolute Gasteiger partial charge is 0.481 e. The molecule has 31 heteroatoms. The van der Waals surface area contributed by atoms with Crippen molar-refractivity contribution in [2.24, 2.45) is 16.5 Å². The van der Waals surface area contributed by atoms with Gasteiger partial charge in [-0.1, -0.05) is 0 Å². The number of fused-ring (bicyclic) bond motifs is 1. The third-order valence-electron chi connectivity index (χ3n) is 9.40. The van der Waals surface area contributed by atoms with Crippen molar-refractivity contribution in [3.8, 4) is 0 Å². The van der Waals surface area contributed by atoms with E-state index in [1.54, 1.807) is 12.1 Å². The number of rotatable bonds is 29. The highest BCUT2D eigenvalue weighted by Gasteiger charge is 2.34. The van der Waals surface area contributed by atoms with Gasteiger partial charge in [-0.15, -0.1) is 0 Å². The predicted molar refractivity (Wildman–Crippen MR) is 246 cm³/mol. The van der Waals surface area contributed by atoms with E-state index in [4.69, 9.17) is 17.2 Å². The van der Waals surface area contributed by atoms with E-state index in [2.05, 4.69) is 64.1 Å². The standard InChI is InChI=1S/C39H51N15O15S/c40-38(41)44-10-1-3-20(32(63)50-22(12-27(58)59)34(65)51-23(13-28(60)61)35(66)52-24(16-70)37(68)69)49-33(64)21(11-26(56)57)48-25(55)4-2-9-43-31(62)17-5-7-18(8-6-17)45-14-19-15-46-30-29(47-19)36(67)54-39(42)53-30/h5-8,15,20-24,45,70H,1-4,9-14,16H2,(H,43,62)(H,48,55)(H,49,64)(H,50,63)(H,51,65)(H,52,66)(H,56,57)(H,58,59)(H,60,61)(H,68,69)(H4,40,41,44)(H3,42,46,53,54,67)/t20-,21+,22-,23-,24-/m0/s1. The van der Waals surface area contributed by atoms with Gasteiger partial charge in [-0.2, -0.15) is 17.6 Å². The number of aliphatic imine (C=N–C) groups is 1. The highest BCUT2D eigenvalue weighted by Crippen LogP contribution is 2.12. The number of H-pyrrole nitrogens is 1. The summed E-state index contributed by atoms with van der Waals surface area (Å²) in [6.07, 6.45) is -2.52. The Morgan fingerprint density at radius 1 is 0.714 bits per heavy atom. The Hall–Kier alpha value is -8.64. The van der Waals surface area contributed by atoms with Crippen LogP contribution in [0.2, 0.25) is 0 Å². The Kier molecular flexibility index (Phi) is 21.7. The zero-order valence-electron chi connectivity index (χ0n) is 36.8. The molecule has 2 aromatic heterocycles. The lowest BCUT2D eigenvalue weighted by Crippen LogP contribution is -2.59. The molecule has 0 saturated carbocycles. The molecule has 0 aliphatic carbocycles. The van der Waals surface area contributed by atoms with E-state index >= 15 is 0 Å². The van der Waals surface area contributed by atoms with Crippen LogP contribution in [0, 0.1) is 0 Å². The number of aliphatic carboxylic acids is 4. The third-order valence-corrected chi connectivity index (χ3v) is 9.77. The van der Waals surface area contributed by atoms with Gasteiger partial charge in [0.1, 0.15) is 30.2 Å². The molecule has 0 bridgehead atoms. The van der Waals surface area contributed by atoms with Crippen molar-refractivity contribution < 1.29 is 68.4 Å². The van der Waals surface area contributed by atoms with Crippen molar-refractivity contribution >= 4 is 101 Å². The number of nitrogens with two attached hydrogens (primary N) is 3. The van der Waals surface area contributed by atoms with Gasteiger partial charge in [0.05, 0.1) is 37.7 Å². The fourth-order valence-corrected chi connectivity index (χ4v) is 6.25. The van der Waals surface area contributed by atoms with Crippen LogP contribution in [0.5, 0.6) is 0 Å². The van der Waals surface area contributed by atoms with Gasteiger partial charge in [-0.25, -0.2) is 14.8 Å². The molecule has 1 aromatic carbocycles. The SMILES string of the molecule is NC(N)=NCCC[C@H](NC(=O)[C@@H](CC(=O)O)NC(=O)CCCNC(=O)c1ccc(NCc2cnc3nc(N)[nH]c(=O)c3n2)cc1)C(=O)N[C@@H](CC(=O)O)C(=O)N[C@@H](CC(=O)O)C(=O)N[C@@H](CS)C(=O)O. The summed E-state index contributed by atoms with van der Waals surface area (Å²) >= 11 is 3.79. The second-order valence-corrected chi connectivity index (χ2v) is 15.3. The molecule has 0 radical (unpaired) electrons. The average molecular weight is 1000 g/mol. The first-order chi connectivity index (χ1) is 33.1. The lowest BCUT2D eigenvalue weighted by molar-refractivity contribution is -0.144. The monoisotopic (exact) mass is 1000 g/mol. The Bertz CT molecular complexity index is 2520. The number of hydrogen-bond donors (Lipinski definition) is 16. The van der Waals surface area contributed by atoms with Gasteiger partial charge < -0.3 is 74.8 Å². The molecule has 0 unspecified atom stereocenters. The first-order valence-corrected chi connectivity index (χ1v) is 21.4. The van der Waals surface area contributed by atoms with Gasteiger partial charge >= 0.3 is 23.9 Å². The van der Waals surface area contributed by atoms with Crippen LogP contribution in [0.3, 0.4) is 0 Å². The molecule has 3 rings (SSSR count). The number of carbonyl (C=O) groups is 10. The topological polar surface area (TPSA) is 498 Å². The highest BCUT2D eigenvalue weighted by atomic mass is 32.1. The number of carboxylic acids is 4. The molecule has 0 spiro atoms. The van der Waals surface area contributed by atoms with Crippen LogP contribution >= 0.6 is 12.6 Å².